The van der Waals surface area contributed by atoms with Crippen molar-refractivity contribution in [1.29, 1.82) is 0 Å². The fourth-order valence-electron chi connectivity index (χ4n) is 2.82. The van der Waals surface area contributed by atoms with Gasteiger partial charge in [-0.1, -0.05) is 23.2 Å². The molecule has 0 amide bonds. The van der Waals surface area contributed by atoms with Gasteiger partial charge in [0.1, 0.15) is 28.3 Å². The number of nitrogens with one attached hydrogen (secondary N) is 1. The highest BCUT2D eigenvalue weighted by molar-refractivity contribution is 7.89. The molecule has 1 N–H and O–H groups in total. The zero-order valence-electron chi connectivity index (χ0n) is 15.9. The number of aromatic nitrogens is 2. The van der Waals surface area contributed by atoms with Crippen molar-refractivity contribution in [3.8, 4) is 11.5 Å². The van der Waals surface area contributed by atoms with Crippen molar-refractivity contribution >= 4 is 33.2 Å². The number of aryl methyl sites for hydroxylation is 1. The zero-order chi connectivity index (χ0) is 21.2. The molecule has 0 aliphatic rings. The molecule has 29 heavy (non-hydrogen) atoms. The highest BCUT2D eigenvalue weighted by Gasteiger charge is 2.28. The lowest BCUT2D eigenvalue weighted by atomic mass is 10.1. The molecule has 154 valence electrons. The summed E-state index contributed by atoms with van der Waals surface area (Å²) in [4.78, 5) is 4.19. The van der Waals surface area contributed by atoms with Crippen molar-refractivity contribution in [2.75, 3.05) is 14.2 Å². The molecule has 10 heteroatoms. The summed E-state index contributed by atoms with van der Waals surface area (Å²) in [5.41, 5.74) is 0.581. The monoisotopic (exact) mass is 455 g/mol. The third kappa shape index (κ3) is 4.67. The number of rotatable bonds is 7. The number of benzene rings is 2. The highest BCUT2D eigenvalue weighted by Crippen LogP contribution is 2.32. The minimum Gasteiger partial charge on any atom is -0.497 e. The molecular weight excluding hydrogens is 437 g/mol. The molecule has 0 saturated heterocycles. The highest BCUT2D eigenvalue weighted by atomic mass is 35.5. The maximum absolute atomic E-state index is 13.2. The van der Waals surface area contributed by atoms with E-state index in [1.165, 1.54) is 32.4 Å². The van der Waals surface area contributed by atoms with Crippen LogP contribution in [-0.4, -0.2) is 32.2 Å². The third-order valence-corrected chi connectivity index (χ3v) is 6.42. The number of halogens is 2. The lowest BCUT2D eigenvalue weighted by Crippen LogP contribution is -2.31. The van der Waals surface area contributed by atoms with Crippen LogP contribution in [-0.2, 0) is 17.1 Å². The van der Waals surface area contributed by atoms with E-state index in [4.69, 9.17) is 32.7 Å². The van der Waals surface area contributed by atoms with Crippen LogP contribution < -0.4 is 14.2 Å². The molecule has 0 radical (unpaired) electrons. The maximum atomic E-state index is 13.2. The minimum absolute atomic E-state index is 0.0590. The smallest absolute Gasteiger partial charge is 0.243 e. The van der Waals surface area contributed by atoms with Crippen LogP contribution in [0.15, 0.2) is 53.7 Å². The van der Waals surface area contributed by atoms with Crippen molar-refractivity contribution in [3.63, 3.8) is 0 Å². The molecule has 7 nitrogen and oxygen atoms in total. The lowest BCUT2D eigenvalue weighted by Gasteiger charge is -2.21. The molecule has 0 spiro atoms. The van der Waals surface area contributed by atoms with E-state index in [9.17, 15) is 8.42 Å². The molecule has 1 atom stereocenters. The topological polar surface area (TPSA) is 82.4 Å². The molecular formula is C19H19Cl2N3O4S. The second-order valence-corrected chi connectivity index (χ2v) is 8.70. The van der Waals surface area contributed by atoms with Gasteiger partial charge in [0.05, 0.1) is 19.2 Å². The predicted molar refractivity (Wildman–Crippen MR) is 111 cm³/mol. The Hall–Kier alpha value is -2.26. The Morgan fingerprint density at radius 3 is 2.28 bits per heavy atom. The molecule has 2 aromatic carbocycles. The molecule has 3 rings (SSSR count). The van der Waals surface area contributed by atoms with Gasteiger partial charge >= 0.3 is 0 Å². The van der Waals surface area contributed by atoms with Crippen LogP contribution in [0, 0.1) is 0 Å². The number of ether oxygens (including phenoxy) is 2. The Kier molecular flexibility index (Phi) is 6.38. The van der Waals surface area contributed by atoms with Gasteiger partial charge in [-0.3, -0.25) is 0 Å². The first kappa shape index (κ1) is 21.4. The number of methoxy groups -OCH3 is 2. The number of hydrogen-bond donors (Lipinski definition) is 1. The average Bonchev–Trinajstić information content (AvgIpc) is 3.13. The molecule has 0 bridgehead atoms. The van der Waals surface area contributed by atoms with E-state index >= 15 is 0 Å². The molecule has 0 aliphatic carbocycles. The summed E-state index contributed by atoms with van der Waals surface area (Å²) < 4.78 is 41.3. The van der Waals surface area contributed by atoms with Crippen LogP contribution in [0.1, 0.15) is 17.4 Å². The Balaban J connectivity index is 2.13. The molecule has 3 aromatic rings. The number of imidazole rings is 1. The molecule has 1 aromatic heterocycles. The van der Waals surface area contributed by atoms with Gasteiger partial charge in [0.25, 0.3) is 0 Å². The summed E-state index contributed by atoms with van der Waals surface area (Å²) >= 11 is 12.1. The molecule has 1 unspecified atom stereocenters. The molecule has 0 fully saturated rings. The second kappa shape index (κ2) is 8.62. The molecule has 0 aliphatic heterocycles. The van der Waals surface area contributed by atoms with Crippen molar-refractivity contribution in [2.45, 2.75) is 10.9 Å². The first-order valence-electron chi connectivity index (χ1n) is 8.42. The zero-order valence-corrected chi connectivity index (χ0v) is 18.2. The Labute approximate surface area is 179 Å². The normalized spacial score (nSPS) is 12.6. The van der Waals surface area contributed by atoms with Crippen LogP contribution in [0.25, 0.3) is 0 Å². The number of sulfonamides is 1. The van der Waals surface area contributed by atoms with Crippen LogP contribution in [0.5, 0.6) is 11.5 Å². The van der Waals surface area contributed by atoms with Crippen molar-refractivity contribution < 1.29 is 17.9 Å². The van der Waals surface area contributed by atoms with Crippen LogP contribution in [0.2, 0.25) is 10.0 Å². The summed E-state index contributed by atoms with van der Waals surface area (Å²) in [6, 6.07) is 8.54. The van der Waals surface area contributed by atoms with Crippen LogP contribution >= 0.6 is 23.2 Å². The van der Waals surface area contributed by atoms with Crippen LogP contribution in [0.4, 0.5) is 0 Å². The maximum Gasteiger partial charge on any atom is 0.243 e. The fourth-order valence-corrected chi connectivity index (χ4v) is 4.77. The lowest BCUT2D eigenvalue weighted by molar-refractivity contribution is 0.392. The van der Waals surface area contributed by atoms with Gasteiger partial charge in [-0.2, -0.15) is 4.72 Å². The summed E-state index contributed by atoms with van der Waals surface area (Å²) in [5, 5.41) is 0.315. The number of hydrogen-bond acceptors (Lipinski definition) is 5. The van der Waals surface area contributed by atoms with Gasteiger partial charge < -0.3 is 14.0 Å². The number of nitrogens with zero attached hydrogens (tertiary/aromatic N) is 2. The average molecular weight is 456 g/mol. The summed E-state index contributed by atoms with van der Waals surface area (Å²) in [6.45, 7) is 0. The van der Waals surface area contributed by atoms with Gasteiger partial charge in [-0.25, -0.2) is 13.4 Å². The largest absolute Gasteiger partial charge is 0.497 e. The van der Waals surface area contributed by atoms with Gasteiger partial charge in [0, 0.05) is 30.5 Å². The summed E-state index contributed by atoms with van der Waals surface area (Å²) in [5.74, 6) is 1.50. The van der Waals surface area contributed by atoms with E-state index < -0.39 is 16.1 Å². The van der Waals surface area contributed by atoms with E-state index in [1.54, 1.807) is 42.2 Å². The second-order valence-electron chi connectivity index (χ2n) is 6.17. The predicted octanol–water partition coefficient (Wildman–Crippen LogP) is 3.81. The van der Waals surface area contributed by atoms with Gasteiger partial charge in [-0.05, 0) is 35.9 Å². The Morgan fingerprint density at radius 2 is 1.72 bits per heavy atom. The first-order chi connectivity index (χ1) is 13.7. The molecule has 1 heterocycles. The van der Waals surface area contributed by atoms with E-state index in [1.807, 2.05) is 0 Å². The van der Waals surface area contributed by atoms with E-state index in [0.717, 1.165) is 0 Å². The van der Waals surface area contributed by atoms with E-state index in [2.05, 4.69) is 9.71 Å². The Bertz CT molecular complexity index is 1110. The Morgan fingerprint density at radius 1 is 1.07 bits per heavy atom. The third-order valence-electron chi connectivity index (χ3n) is 4.28. The summed E-state index contributed by atoms with van der Waals surface area (Å²) in [6.07, 6.45) is 3.31. The van der Waals surface area contributed by atoms with Crippen LogP contribution in [0.3, 0.4) is 0 Å². The van der Waals surface area contributed by atoms with Crippen molar-refractivity contribution in [3.05, 3.63) is 70.2 Å². The van der Waals surface area contributed by atoms with Gasteiger partial charge in [0.15, 0.2) is 0 Å². The minimum atomic E-state index is -4.04. The summed E-state index contributed by atoms with van der Waals surface area (Å²) in [7, 11) is 0.763. The first-order valence-corrected chi connectivity index (χ1v) is 10.7. The van der Waals surface area contributed by atoms with E-state index in [-0.39, 0.29) is 14.9 Å². The fraction of sp³-hybridized carbons (Fsp3) is 0.211. The van der Waals surface area contributed by atoms with Gasteiger partial charge in [0.2, 0.25) is 10.0 Å². The van der Waals surface area contributed by atoms with Crippen molar-refractivity contribution in [1.82, 2.24) is 14.3 Å². The van der Waals surface area contributed by atoms with E-state index in [0.29, 0.717) is 22.9 Å². The molecule has 0 saturated carbocycles. The van der Waals surface area contributed by atoms with Crippen molar-refractivity contribution in [2.24, 2.45) is 7.05 Å². The standard InChI is InChI=1S/C19H19Cl2N3O4S/c1-24-7-6-22-19(24)18(12-8-14(27-2)11-15(9-12)28-3)23-29(25,26)17-10-13(20)4-5-16(17)21/h4-11,18,23H,1-3H3. The quantitative estimate of drug-likeness (QED) is 0.585. The SMILES string of the molecule is COc1cc(OC)cc(C(NS(=O)(=O)c2cc(Cl)ccc2Cl)c2nccn2C)c1. The van der Waals surface area contributed by atoms with Gasteiger partial charge in [-0.15, -0.1) is 0 Å².